The van der Waals surface area contributed by atoms with Crippen LogP contribution in [0.15, 0.2) is 30.3 Å². The lowest BCUT2D eigenvalue weighted by molar-refractivity contribution is -0.278. The van der Waals surface area contributed by atoms with Gasteiger partial charge in [0.25, 0.3) is 5.60 Å². The third-order valence-corrected chi connectivity index (χ3v) is 6.04. The van der Waals surface area contributed by atoms with Gasteiger partial charge < -0.3 is 14.2 Å². The van der Waals surface area contributed by atoms with E-state index in [2.05, 4.69) is 6.92 Å². The van der Waals surface area contributed by atoms with Gasteiger partial charge in [-0.05, 0) is 13.3 Å². The van der Waals surface area contributed by atoms with Crippen LogP contribution in [0.4, 0.5) is 13.2 Å². The van der Waals surface area contributed by atoms with Crippen molar-refractivity contribution in [3.8, 4) is 0 Å². The van der Waals surface area contributed by atoms with Crippen LogP contribution in [0.3, 0.4) is 0 Å². The van der Waals surface area contributed by atoms with Crippen molar-refractivity contribution in [1.29, 1.82) is 0 Å². The number of hydrogen-bond acceptors (Lipinski definition) is 5. The molecule has 34 heavy (non-hydrogen) atoms. The summed E-state index contributed by atoms with van der Waals surface area (Å²) in [6.45, 7) is 3.65. The third kappa shape index (κ3) is 8.45. The summed E-state index contributed by atoms with van der Waals surface area (Å²) in [6, 6.07) is 6.41. The van der Waals surface area contributed by atoms with Gasteiger partial charge in [-0.1, -0.05) is 88.6 Å². The Labute approximate surface area is 205 Å². The van der Waals surface area contributed by atoms with Crippen molar-refractivity contribution in [3.05, 3.63) is 35.9 Å². The standard InChI is InChI=1S/C25H36ClF3O5/c1-4-6-7-8-9-10-11-15-18-20(26)21(22(30)33-5-2)34-23(31)24(32-3,25(27,28)29)19-16-13-12-14-17-19/h12-14,16-17,20-21H,4-11,15,18H2,1-3H3/t20-,21-,24?/m1/s1. The first-order valence-corrected chi connectivity index (χ1v) is 12.3. The zero-order chi connectivity index (χ0) is 25.6. The predicted molar refractivity (Wildman–Crippen MR) is 125 cm³/mol. The molecule has 0 spiro atoms. The van der Waals surface area contributed by atoms with Crippen LogP contribution in [0, 0.1) is 0 Å². The topological polar surface area (TPSA) is 61.8 Å². The summed E-state index contributed by atoms with van der Waals surface area (Å²) in [7, 11) is 0.764. The van der Waals surface area contributed by atoms with E-state index in [1.165, 1.54) is 44.4 Å². The highest BCUT2D eigenvalue weighted by Gasteiger charge is 2.64. The van der Waals surface area contributed by atoms with Crippen molar-refractivity contribution < 1.29 is 37.0 Å². The molecule has 0 heterocycles. The number of esters is 2. The number of carbonyl (C=O) groups is 2. The van der Waals surface area contributed by atoms with Crippen LogP contribution in [0.2, 0.25) is 0 Å². The van der Waals surface area contributed by atoms with Crippen molar-refractivity contribution in [3.63, 3.8) is 0 Å². The highest BCUT2D eigenvalue weighted by atomic mass is 35.5. The molecular formula is C25H36ClF3O5. The SMILES string of the molecule is CCCCCCCCCC[C@@H](Cl)[C@@H](OC(=O)C(OC)(c1ccccc1)C(F)(F)F)C(=O)OCC. The lowest BCUT2D eigenvalue weighted by Gasteiger charge is -2.34. The molecule has 0 N–H and O–H groups in total. The minimum Gasteiger partial charge on any atom is -0.463 e. The summed E-state index contributed by atoms with van der Waals surface area (Å²) in [5.41, 5.74) is -3.87. The van der Waals surface area contributed by atoms with E-state index in [1.807, 2.05) is 0 Å². The summed E-state index contributed by atoms with van der Waals surface area (Å²) in [5.74, 6) is -2.76. The van der Waals surface area contributed by atoms with Crippen molar-refractivity contribution in [2.45, 2.75) is 94.9 Å². The zero-order valence-corrected chi connectivity index (χ0v) is 20.9. The summed E-state index contributed by atoms with van der Waals surface area (Å²) in [5, 5.41) is -1.04. The van der Waals surface area contributed by atoms with Crippen LogP contribution in [0.1, 0.15) is 77.2 Å². The van der Waals surface area contributed by atoms with Gasteiger partial charge in [-0.2, -0.15) is 13.2 Å². The Morgan fingerprint density at radius 3 is 2.00 bits per heavy atom. The minimum absolute atomic E-state index is 0.0401. The molecule has 194 valence electrons. The monoisotopic (exact) mass is 508 g/mol. The summed E-state index contributed by atoms with van der Waals surface area (Å²) in [6.07, 6.45) is 1.73. The van der Waals surface area contributed by atoms with E-state index in [-0.39, 0.29) is 13.0 Å². The van der Waals surface area contributed by atoms with Crippen LogP contribution in [-0.2, 0) is 29.4 Å². The molecule has 0 radical (unpaired) electrons. The van der Waals surface area contributed by atoms with Gasteiger partial charge in [0.15, 0.2) is 0 Å². The maximum absolute atomic E-state index is 14.1. The van der Waals surface area contributed by atoms with Crippen molar-refractivity contribution in [2.75, 3.05) is 13.7 Å². The molecule has 0 aliphatic rings. The van der Waals surface area contributed by atoms with Crippen LogP contribution in [0.5, 0.6) is 0 Å². The molecule has 1 aromatic carbocycles. The molecule has 0 aromatic heterocycles. The van der Waals surface area contributed by atoms with E-state index < -0.39 is 40.8 Å². The Hall–Kier alpha value is -1.80. The van der Waals surface area contributed by atoms with Gasteiger partial charge in [-0.3, -0.25) is 0 Å². The predicted octanol–water partition coefficient (Wildman–Crippen LogP) is 6.70. The Bertz CT molecular complexity index is 729. The van der Waals surface area contributed by atoms with E-state index in [4.69, 9.17) is 25.8 Å². The van der Waals surface area contributed by atoms with E-state index >= 15 is 0 Å². The van der Waals surface area contributed by atoms with Gasteiger partial charge in [-0.25, -0.2) is 9.59 Å². The number of hydrogen-bond donors (Lipinski definition) is 0. The fourth-order valence-corrected chi connectivity index (χ4v) is 4.01. The first-order valence-electron chi connectivity index (χ1n) is 11.8. The number of halogens is 4. The lowest BCUT2D eigenvalue weighted by atomic mass is 9.92. The maximum Gasteiger partial charge on any atom is 0.432 e. The normalized spacial score (nSPS) is 15.3. The van der Waals surface area contributed by atoms with Crippen LogP contribution in [0.25, 0.3) is 0 Å². The summed E-state index contributed by atoms with van der Waals surface area (Å²) >= 11 is 6.36. The fourth-order valence-electron chi connectivity index (χ4n) is 3.70. The smallest absolute Gasteiger partial charge is 0.432 e. The van der Waals surface area contributed by atoms with Gasteiger partial charge >= 0.3 is 18.1 Å². The third-order valence-electron chi connectivity index (χ3n) is 5.59. The largest absolute Gasteiger partial charge is 0.463 e. The van der Waals surface area contributed by atoms with E-state index in [9.17, 15) is 22.8 Å². The number of alkyl halides is 4. The number of benzene rings is 1. The average Bonchev–Trinajstić information content (AvgIpc) is 2.79. The first kappa shape index (κ1) is 30.2. The molecular weight excluding hydrogens is 473 g/mol. The van der Waals surface area contributed by atoms with E-state index in [0.717, 1.165) is 44.9 Å². The number of rotatable bonds is 16. The van der Waals surface area contributed by atoms with E-state index in [0.29, 0.717) is 6.42 Å². The maximum atomic E-state index is 14.1. The Morgan fingerprint density at radius 2 is 1.50 bits per heavy atom. The Morgan fingerprint density at radius 1 is 0.941 bits per heavy atom. The fraction of sp³-hybridized carbons (Fsp3) is 0.680. The minimum atomic E-state index is -5.15. The first-order chi connectivity index (χ1) is 16.2. The Balaban J connectivity index is 2.94. The lowest BCUT2D eigenvalue weighted by Crippen LogP contribution is -2.54. The van der Waals surface area contributed by atoms with Crippen LogP contribution >= 0.6 is 11.6 Å². The highest BCUT2D eigenvalue weighted by molar-refractivity contribution is 6.22. The van der Waals surface area contributed by atoms with Gasteiger partial charge in [0.2, 0.25) is 6.10 Å². The van der Waals surface area contributed by atoms with Gasteiger partial charge in [0.05, 0.1) is 12.0 Å². The second-order valence-corrected chi connectivity index (χ2v) is 8.67. The highest BCUT2D eigenvalue weighted by Crippen LogP contribution is 2.43. The molecule has 3 atom stereocenters. The molecule has 0 bridgehead atoms. The summed E-state index contributed by atoms with van der Waals surface area (Å²) in [4.78, 5) is 25.4. The molecule has 5 nitrogen and oxygen atoms in total. The van der Waals surface area contributed by atoms with E-state index in [1.54, 1.807) is 0 Å². The van der Waals surface area contributed by atoms with Crippen LogP contribution < -0.4 is 0 Å². The molecule has 0 amide bonds. The van der Waals surface area contributed by atoms with Gasteiger partial charge in [-0.15, -0.1) is 11.6 Å². The summed E-state index contributed by atoms with van der Waals surface area (Å²) < 4.78 is 57.2. The number of ether oxygens (including phenoxy) is 3. The Kier molecular flexibility index (Phi) is 13.6. The quantitative estimate of drug-likeness (QED) is 0.141. The molecule has 0 aliphatic carbocycles. The van der Waals surface area contributed by atoms with Gasteiger partial charge in [0, 0.05) is 12.7 Å². The van der Waals surface area contributed by atoms with Gasteiger partial charge in [0.1, 0.15) is 0 Å². The second kappa shape index (κ2) is 15.2. The number of methoxy groups -OCH3 is 1. The van der Waals surface area contributed by atoms with Crippen molar-refractivity contribution in [2.24, 2.45) is 0 Å². The molecule has 1 rings (SSSR count). The zero-order valence-electron chi connectivity index (χ0n) is 20.2. The van der Waals surface area contributed by atoms with Crippen LogP contribution in [-0.4, -0.2) is 43.3 Å². The molecule has 0 fully saturated rings. The number of carbonyl (C=O) groups excluding carboxylic acids is 2. The molecule has 1 unspecified atom stereocenters. The van der Waals surface area contributed by atoms with Crippen molar-refractivity contribution >= 4 is 23.5 Å². The molecule has 0 saturated carbocycles. The molecule has 0 aliphatic heterocycles. The average molecular weight is 509 g/mol. The number of unbranched alkanes of at least 4 members (excludes halogenated alkanes) is 7. The van der Waals surface area contributed by atoms with Crippen molar-refractivity contribution in [1.82, 2.24) is 0 Å². The molecule has 0 saturated heterocycles. The molecule has 1 aromatic rings. The molecule has 9 heteroatoms. The second-order valence-electron chi connectivity index (χ2n) is 8.11.